The van der Waals surface area contributed by atoms with Crippen LogP contribution in [-0.2, 0) is 0 Å². The van der Waals surface area contributed by atoms with Crippen LogP contribution in [-0.4, -0.2) is 14.7 Å². The van der Waals surface area contributed by atoms with Crippen LogP contribution >= 0.6 is 15.9 Å². The summed E-state index contributed by atoms with van der Waals surface area (Å²) in [5, 5.41) is 15.1. The first-order chi connectivity index (χ1) is 8.91. The summed E-state index contributed by atoms with van der Waals surface area (Å²) in [6, 6.07) is 7.51. The molecule has 6 nitrogen and oxygen atoms in total. The number of nitrogens with two attached hydrogens (primary N) is 1. The number of nitrogens with zero attached hydrogens (tertiary/aromatic N) is 3. The number of aryl methyl sites for hydroxylation is 1. The highest BCUT2D eigenvalue weighted by molar-refractivity contribution is 9.10. The number of nitrogen functional groups attached to an aromatic ring is 1. The van der Waals surface area contributed by atoms with E-state index in [0.29, 0.717) is 5.69 Å². The molecule has 2 rings (SSSR count). The minimum Gasteiger partial charge on any atom is -0.378 e. The van der Waals surface area contributed by atoms with Crippen LogP contribution in [0.3, 0.4) is 0 Å². The third kappa shape index (κ3) is 2.46. The fourth-order valence-electron chi connectivity index (χ4n) is 1.96. The van der Waals surface area contributed by atoms with Crippen molar-refractivity contribution in [2.75, 3.05) is 5.73 Å². The van der Waals surface area contributed by atoms with Gasteiger partial charge in [-0.3, -0.25) is 10.1 Å². The lowest BCUT2D eigenvalue weighted by molar-refractivity contribution is -0.384. The van der Waals surface area contributed by atoms with Crippen LogP contribution in [0.1, 0.15) is 24.2 Å². The monoisotopic (exact) mass is 324 g/mol. The molecular formula is C12H13BrN4O2. The molecule has 0 aliphatic heterocycles. The van der Waals surface area contributed by atoms with Gasteiger partial charge in [-0.2, -0.15) is 5.10 Å². The number of halogens is 1. The molecule has 0 amide bonds. The minimum absolute atomic E-state index is 0.0814. The van der Waals surface area contributed by atoms with Gasteiger partial charge >= 0.3 is 5.69 Å². The first-order valence-electron chi connectivity index (χ1n) is 5.66. The molecule has 0 aliphatic carbocycles. The van der Waals surface area contributed by atoms with Crippen molar-refractivity contribution in [3.8, 4) is 0 Å². The van der Waals surface area contributed by atoms with E-state index in [9.17, 15) is 10.1 Å². The smallest absolute Gasteiger partial charge is 0.333 e. The van der Waals surface area contributed by atoms with Crippen molar-refractivity contribution in [1.29, 1.82) is 0 Å². The molecule has 19 heavy (non-hydrogen) atoms. The fourth-order valence-corrected chi connectivity index (χ4v) is 2.22. The lowest BCUT2D eigenvalue weighted by Crippen LogP contribution is -2.11. The Labute approximate surface area is 118 Å². The molecular weight excluding hydrogens is 312 g/mol. The fraction of sp³-hybridized carbons (Fsp3) is 0.250. The van der Waals surface area contributed by atoms with Gasteiger partial charge in [-0.05, 0) is 31.5 Å². The van der Waals surface area contributed by atoms with Gasteiger partial charge in [0.2, 0.25) is 5.82 Å². The number of nitro groups is 1. The summed E-state index contributed by atoms with van der Waals surface area (Å²) in [5.74, 6) is 0.0814. The summed E-state index contributed by atoms with van der Waals surface area (Å²) in [6.07, 6.45) is 0. The standard InChI is InChI=1S/C12H13BrN4O2/c1-7-11(17(18)19)12(14)16(15-7)8(2)9-3-5-10(13)6-4-9/h3-6,8H,14H2,1-2H3. The maximum atomic E-state index is 10.9. The van der Waals surface area contributed by atoms with E-state index in [2.05, 4.69) is 21.0 Å². The number of anilines is 1. The second-order valence-corrected chi connectivity index (χ2v) is 5.16. The molecule has 1 heterocycles. The number of aromatic nitrogens is 2. The maximum absolute atomic E-state index is 10.9. The second kappa shape index (κ2) is 5.00. The summed E-state index contributed by atoms with van der Waals surface area (Å²) in [6.45, 7) is 3.48. The van der Waals surface area contributed by atoms with Crippen LogP contribution in [0.4, 0.5) is 11.5 Å². The largest absolute Gasteiger partial charge is 0.378 e. The zero-order chi connectivity index (χ0) is 14.2. The van der Waals surface area contributed by atoms with Crippen molar-refractivity contribution in [3.63, 3.8) is 0 Å². The average Bonchev–Trinajstić information content (AvgIpc) is 2.65. The normalized spacial score (nSPS) is 12.4. The molecule has 0 radical (unpaired) electrons. The van der Waals surface area contributed by atoms with Gasteiger partial charge in [0.05, 0.1) is 11.0 Å². The molecule has 0 fully saturated rings. The van der Waals surface area contributed by atoms with Crippen molar-refractivity contribution < 1.29 is 4.92 Å². The van der Waals surface area contributed by atoms with Crippen LogP contribution in [0.25, 0.3) is 0 Å². The Morgan fingerprint density at radius 3 is 2.47 bits per heavy atom. The third-order valence-electron chi connectivity index (χ3n) is 2.99. The predicted molar refractivity (Wildman–Crippen MR) is 76.0 cm³/mol. The van der Waals surface area contributed by atoms with Crippen LogP contribution in [0, 0.1) is 17.0 Å². The second-order valence-electron chi connectivity index (χ2n) is 4.25. The van der Waals surface area contributed by atoms with E-state index >= 15 is 0 Å². The van der Waals surface area contributed by atoms with Crippen molar-refractivity contribution in [3.05, 3.63) is 50.1 Å². The van der Waals surface area contributed by atoms with Crippen molar-refractivity contribution >= 4 is 27.4 Å². The Morgan fingerprint density at radius 2 is 2.00 bits per heavy atom. The van der Waals surface area contributed by atoms with Gasteiger partial charge < -0.3 is 5.73 Å². The van der Waals surface area contributed by atoms with Gasteiger partial charge in [0, 0.05) is 4.47 Å². The van der Waals surface area contributed by atoms with Crippen LogP contribution in [0.2, 0.25) is 0 Å². The van der Waals surface area contributed by atoms with Crippen molar-refractivity contribution in [1.82, 2.24) is 9.78 Å². The number of hydrogen-bond donors (Lipinski definition) is 1. The molecule has 1 aromatic heterocycles. The molecule has 2 aromatic rings. The summed E-state index contributed by atoms with van der Waals surface area (Å²) in [5.41, 5.74) is 7.01. The van der Waals surface area contributed by atoms with Crippen LogP contribution in [0.5, 0.6) is 0 Å². The number of benzene rings is 1. The van der Waals surface area contributed by atoms with Gasteiger partial charge in [-0.1, -0.05) is 28.1 Å². The van der Waals surface area contributed by atoms with Gasteiger partial charge in [0.15, 0.2) is 0 Å². The topological polar surface area (TPSA) is 87.0 Å². The number of rotatable bonds is 3. The average molecular weight is 325 g/mol. The summed E-state index contributed by atoms with van der Waals surface area (Å²) >= 11 is 3.36. The Balaban J connectivity index is 2.45. The molecule has 1 aromatic carbocycles. The summed E-state index contributed by atoms with van der Waals surface area (Å²) in [4.78, 5) is 10.4. The van der Waals surface area contributed by atoms with E-state index in [1.165, 1.54) is 4.68 Å². The molecule has 1 unspecified atom stereocenters. The molecule has 0 aliphatic rings. The lowest BCUT2D eigenvalue weighted by Gasteiger charge is -2.13. The van der Waals surface area contributed by atoms with Gasteiger partial charge in [-0.25, -0.2) is 4.68 Å². The highest BCUT2D eigenvalue weighted by Gasteiger charge is 2.25. The summed E-state index contributed by atoms with van der Waals surface area (Å²) < 4.78 is 2.45. The molecule has 0 saturated heterocycles. The highest BCUT2D eigenvalue weighted by Crippen LogP contribution is 2.30. The van der Waals surface area contributed by atoms with Crippen molar-refractivity contribution in [2.24, 2.45) is 0 Å². The van der Waals surface area contributed by atoms with E-state index in [4.69, 9.17) is 5.73 Å². The first-order valence-corrected chi connectivity index (χ1v) is 6.45. The third-order valence-corrected chi connectivity index (χ3v) is 3.52. The zero-order valence-corrected chi connectivity index (χ0v) is 12.1. The van der Waals surface area contributed by atoms with E-state index in [-0.39, 0.29) is 17.5 Å². The van der Waals surface area contributed by atoms with Crippen LogP contribution in [0.15, 0.2) is 28.7 Å². The minimum atomic E-state index is -0.498. The Hall–Kier alpha value is -1.89. The Bertz CT molecular complexity index is 621. The van der Waals surface area contributed by atoms with E-state index in [0.717, 1.165) is 10.0 Å². The Morgan fingerprint density at radius 1 is 1.42 bits per heavy atom. The van der Waals surface area contributed by atoms with Gasteiger partial charge in [0.1, 0.15) is 5.69 Å². The molecule has 2 N–H and O–H groups in total. The molecule has 0 saturated carbocycles. The molecule has 100 valence electrons. The SMILES string of the molecule is Cc1nn(C(C)c2ccc(Br)cc2)c(N)c1[N+](=O)[O-]. The lowest BCUT2D eigenvalue weighted by atomic mass is 10.1. The molecule has 7 heteroatoms. The van der Waals surface area contributed by atoms with E-state index in [1.54, 1.807) is 6.92 Å². The van der Waals surface area contributed by atoms with Gasteiger partial charge in [0.25, 0.3) is 0 Å². The first kappa shape index (κ1) is 13.5. The van der Waals surface area contributed by atoms with Crippen LogP contribution < -0.4 is 5.73 Å². The zero-order valence-electron chi connectivity index (χ0n) is 10.5. The van der Waals surface area contributed by atoms with E-state index < -0.39 is 4.92 Å². The van der Waals surface area contributed by atoms with E-state index in [1.807, 2.05) is 31.2 Å². The van der Waals surface area contributed by atoms with Crippen molar-refractivity contribution in [2.45, 2.75) is 19.9 Å². The predicted octanol–water partition coefficient (Wildman–Crippen LogP) is 3.05. The highest BCUT2D eigenvalue weighted by atomic mass is 79.9. The molecule has 1 atom stereocenters. The summed E-state index contributed by atoms with van der Waals surface area (Å²) in [7, 11) is 0. The maximum Gasteiger partial charge on any atom is 0.333 e. The number of hydrogen-bond acceptors (Lipinski definition) is 4. The van der Waals surface area contributed by atoms with Gasteiger partial charge in [-0.15, -0.1) is 0 Å². The quantitative estimate of drug-likeness (QED) is 0.694. The molecule has 0 bridgehead atoms. The Kier molecular flexibility index (Phi) is 3.57. The molecule has 0 spiro atoms.